The first-order valence-corrected chi connectivity index (χ1v) is 7.62. The standard InChI is InChI=1S/C15H22ClF3N4/c1-20-14(22-10-12-5-3-6-13(16)9-12)21-7-4-8-23(2)11-15(17,18)19/h3,5-6,9H,4,7-8,10-11H2,1-2H3,(H2,20,21,22). The first-order chi connectivity index (χ1) is 10.8. The third kappa shape index (κ3) is 9.30. The molecule has 2 N–H and O–H groups in total. The Morgan fingerprint density at radius 2 is 2.04 bits per heavy atom. The fourth-order valence-corrected chi connectivity index (χ4v) is 2.21. The van der Waals surface area contributed by atoms with Crippen LogP contribution in [0.4, 0.5) is 13.2 Å². The molecule has 0 atom stereocenters. The molecule has 8 heteroatoms. The molecule has 1 aromatic rings. The Kier molecular flexibility index (Phi) is 8.19. The number of nitrogens with zero attached hydrogens (tertiary/aromatic N) is 2. The van der Waals surface area contributed by atoms with Crippen LogP contribution >= 0.6 is 11.6 Å². The summed E-state index contributed by atoms with van der Waals surface area (Å²) in [5, 5.41) is 6.86. The summed E-state index contributed by atoms with van der Waals surface area (Å²) in [7, 11) is 3.10. The van der Waals surface area contributed by atoms with E-state index in [0.717, 1.165) is 5.56 Å². The Labute approximate surface area is 139 Å². The molecule has 23 heavy (non-hydrogen) atoms. The number of hydrogen-bond donors (Lipinski definition) is 2. The molecular weight excluding hydrogens is 329 g/mol. The minimum atomic E-state index is -4.16. The molecule has 0 aromatic heterocycles. The molecule has 0 fully saturated rings. The minimum absolute atomic E-state index is 0.359. The fraction of sp³-hybridized carbons (Fsp3) is 0.533. The summed E-state index contributed by atoms with van der Waals surface area (Å²) in [6.45, 7) is 0.568. The molecule has 0 saturated carbocycles. The monoisotopic (exact) mass is 350 g/mol. The van der Waals surface area contributed by atoms with Gasteiger partial charge in [0.1, 0.15) is 0 Å². The largest absolute Gasteiger partial charge is 0.401 e. The summed E-state index contributed by atoms with van der Waals surface area (Å²) in [4.78, 5) is 5.32. The molecule has 0 aliphatic heterocycles. The van der Waals surface area contributed by atoms with E-state index in [1.165, 1.54) is 11.9 Å². The van der Waals surface area contributed by atoms with Crippen molar-refractivity contribution in [3.05, 3.63) is 34.9 Å². The van der Waals surface area contributed by atoms with Gasteiger partial charge >= 0.3 is 6.18 Å². The molecule has 0 unspecified atom stereocenters. The van der Waals surface area contributed by atoms with Gasteiger partial charge in [0.15, 0.2) is 5.96 Å². The van der Waals surface area contributed by atoms with Gasteiger partial charge in [0.2, 0.25) is 0 Å². The van der Waals surface area contributed by atoms with Crippen LogP contribution in [-0.2, 0) is 6.54 Å². The van der Waals surface area contributed by atoms with Gasteiger partial charge in [0.25, 0.3) is 0 Å². The number of alkyl halides is 3. The number of nitrogens with one attached hydrogen (secondary N) is 2. The first-order valence-electron chi connectivity index (χ1n) is 7.24. The van der Waals surface area contributed by atoms with Crippen molar-refractivity contribution < 1.29 is 13.2 Å². The zero-order valence-corrected chi connectivity index (χ0v) is 14.0. The van der Waals surface area contributed by atoms with Gasteiger partial charge in [0.05, 0.1) is 6.54 Å². The maximum atomic E-state index is 12.2. The highest BCUT2D eigenvalue weighted by atomic mass is 35.5. The molecule has 0 aliphatic rings. The van der Waals surface area contributed by atoms with E-state index in [1.54, 1.807) is 13.1 Å². The number of hydrogen-bond acceptors (Lipinski definition) is 2. The Bertz CT molecular complexity index is 506. The van der Waals surface area contributed by atoms with Gasteiger partial charge < -0.3 is 10.6 Å². The normalized spacial score (nSPS) is 12.6. The Hall–Kier alpha value is -1.47. The molecule has 0 saturated heterocycles. The van der Waals surface area contributed by atoms with Gasteiger partial charge in [0, 0.05) is 25.2 Å². The topological polar surface area (TPSA) is 39.7 Å². The summed E-state index contributed by atoms with van der Waals surface area (Å²) < 4.78 is 36.6. The van der Waals surface area contributed by atoms with E-state index in [-0.39, 0.29) is 0 Å². The van der Waals surface area contributed by atoms with Crippen LogP contribution in [-0.4, -0.2) is 50.8 Å². The van der Waals surface area contributed by atoms with Crippen molar-refractivity contribution in [1.82, 2.24) is 15.5 Å². The highest BCUT2D eigenvalue weighted by Crippen LogP contribution is 2.15. The second kappa shape index (κ2) is 9.62. The lowest BCUT2D eigenvalue weighted by Gasteiger charge is -2.19. The summed E-state index contributed by atoms with van der Waals surface area (Å²) in [6, 6.07) is 7.47. The van der Waals surface area contributed by atoms with E-state index in [4.69, 9.17) is 11.6 Å². The molecule has 130 valence electrons. The third-order valence-electron chi connectivity index (χ3n) is 3.03. The molecular formula is C15H22ClF3N4. The minimum Gasteiger partial charge on any atom is -0.356 e. The zero-order chi connectivity index (χ0) is 17.3. The van der Waals surface area contributed by atoms with Gasteiger partial charge in [-0.25, -0.2) is 0 Å². The van der Waals surface area contributed by atoms with Crippen LogP contribution in [0.25, 0.3) is 0 Å². The van der Waals surface area contributed by atoms with Gasteiger partial charge in [-0.15, -0.1) is 0 Å². The van der Waals surface area contributed by atoms with E-state index >= 15 is 0 Å². The van der Waals surface area contributed by atoms with Gasteiger partial charge in [-0.3, -0.25) is 9.89 Å². The second-order valence-electron chi connectivity index (χ2n) is 5.19. The van der Waals surface area contributed by atoms with Crippen LogP contribution in [0.5, 0.6) is 0 Å². The molecule has 0 spiro atoms. The number of halogens is 4. The smallest absolute Gasteiger partial charge is 0.356 e. The Morgan fingerprint density at radius 3 is 2.65 bits per heavy atom. The van der Waals surface area contributed by atoms with Gasteiger partial charge in [-0.05, 0) is 37.7 Å². The van der Waals surface area contributed by atoms with Crippen molar-refractivity contribution in [1.29, 1.82) is 0 Å². The molecule has 0 amide bonds. The van der Waals surface area contributed by atoms with Crippen LogP contribution < -0.4 is 10.6 Å². The molecule has 0 radical (unpaired) electrons. The maximum absolute atomic E-state index is 12.2. The molecule has 1 rings (SSSR count). The van der Waals surface area contributed by atoms with E-state index in [2.05, 4.69) is 15.6 Å². The number of aliphatic imine (C=N–C) groups is 1. The summed E-state index contributed by atoms with van der Waals surface area (Å²) in [5.74, 6) is 0.600. The van der Waals surface area contributed by atoms with Crippen molar-refractivity contribution in [2.24, 2.45) is 4.99 Å². The van der Waals surface area contributed by atoms with Crippen molar-refractivity contribution in [3.8, 4) is 0 Å². The molecule has 0 heterocycles. The average molecular weight is 351 g/mol. The fourth-order valence-electron chi connectivity index (χ4n) is 1.99. The van der Waals surface area contributed by atoms with Crippen molar-refractivity contribution in [2.45, 2.75) is 19.1 Å². The van der Waals surface area contributed by atoms with Crippen LogP contribution in [0.2, 0.25) is 5.02 Å². The van der Waals surface area contributed by atoms with Gasteiger partial charge in [-0.1, -0.05) is 23.7 Å². The van der Waals surface area contributed by atoms with Crippen molar-refractivity contribution in [3.63, 3.8) is 0 Å². The van der Waals surface area contributed by atoms with E-state index in [1.807, 2.05) is 18.2 Å². The van der Waals surface area contributed by atoms with Gasteiger partial charge in [-0.2, -0.15) is 13.2 Å². The van der Waals surface area contributed by atoms with E-state index in [9.17, 15) is 13.2 Å². The second-order valence-corrected chi connectivity index (χ2v) is 5.63. The summed E-state index contributed by atoms with van der Waals surface area (Å²) >= 11 is 5.91. The van der Waals surface area contributed by atoms with Crippen LogP contribution in [0.3, 0.4) is 0 Å². The van der Waals surface area contributed by atoms with E-state index < -0.39 is 12.7 Å². The van der Waals surface area contributed by atoms with E-state index in [0.29, 0.717) is 37.0 Å². The molecule has 0 aliphatic carbocycles. The first kappa shape index (κ1) is 19.6. The summed E-state index contributed by atoms with van der Waals surface area (Å²) in [5.41, 5.74) is 1.02. The highest BCUT2D eigenvalue weighted by molar-refractivity contribution is 6.30. The average Bonchev–Trinajstić information content (AvgIpc) is 2.44. The Balaban J connectivity index is 2.24. The quantitative estimate of drug-likeness (QED) is 0.451. The van der Waals surface area contributed by atoms with Crippen LogP contribution in [0.15, 0.2) is 29.3 Å². The maximum Gasteiger partial charge on any atom is 0.401 e. The number of rotatable bonds is 7. The lowest BCUT2D eigenvalue weighted by atomic mass is 10.2. The molecule has 4 nitrogen and oxygen atoms in total. The zero-order valence-electron chi connectivity index (χ0n) is 13.3. The van der Waals surface area contributed by atoms with Crippen molar-refractivity contribution >= 4 is 17.6 Å². The number of guanidine groups is 1. The lowest BCUT2D eigenvalue weighted by Crippen LogP contribution is -2.39. The van der Waals surface area contributed by atoms with Crippen molar-refractivity contribution in [2.75, 3.05) is 33.7 Å². The predicted octanol–water partition coefficient (Wildman–Crippen LogP) is 2.89. The lowest BCUT2D eigenvalue weighted by molar-refractivity contribution is -0.143. The van der Waals surface area contributed by atoms with Crippen LogP contribution in [0, 0.1) is 0 Å². The predicted molar refractivity (Wildman–Crippen MR) is 87.8 cm³/mol. The SMILES string of the molecule is CN=C(NCCCN(C)CC(F)(F)F)NCc1cccc(Cl)c1. The van der Waals surface area contributed by atoms with Crippen LogP contribution in [0.1, 0.15) is 12.0 Å². The highest BCUT2D eigenvalue weighted by Gasteiger charge is 2.28. The third-order valence-corrected chi connectivity index (χ3v) is 3.27. The summed E-state index contributed by atoms with van der Waals surface area (Å²) in [6.07, 6.45) is -3.57. The Morgan fingerprint density at radius 1 is 1.30 bits per heavy atom. The number of benzene rings is 1. The molecule has 0 bridgehead atoms. The molecule has 1 aromatic carbocycles.